The van der Waals surface area contributed by atoms with Crippen LogP contribution in [0.15, 0.2) is 0 Å². The number of hydrogen-bond acceptors (Lipinski definition) is 4. The number of carbonyl (C=O) groups excluding carboxylic acids is 1. The maximum absolute atomic E-state index is 13.4. The van der Waals surface area contributed by atoms with Gasteiger partial charge in [0.05, 0.1) is 0 Å². The lowest BCUT2D eigenvalue weighted by Crippen LogP contribution is -2.56. The molecule has 6 heteroatoms. The summed E-state index contributed by atoms with van der Waals surface area (Å²) in [5.74, 6) is -0.130. The van der Waals surface area contributed by atoms with Crippen LogP contribution in [0.1, 0.15) is 82.6 Å². The highest BCUT2D eigenvalue weighted by Crippen LogP contribution is 2.52. The molecule has 0 fully saturated rings. The van der Waals surface area contributed by atoms with E-state index in [4.69, 9.17) is 13.3 Å². The number of rotatable bonds is 10. The molecule has 0 aromatic heterocycles. The molecule has 0 heterocycles. The Morgan fingerprint density at radius 2 is 1.32 bits per heavy atom. The Balaban J connectivity index is 5.94. The third-order valence-electron chi connectivity index (χ3n) is 5.31. The van der Waals surface area contributed by atoms with E-state index in [9.17, 15) is 4.79 Å². The van der Waals surface area contributed by atoms with E-state index in [0.717, 1.165) is 0 Å². The molecule has 0 N–H and O–H groups in total. The average molecular weight is 390 g/mol. The first-order chi connectivity index (χ1) is 11.3. The zero-order valence-electron chi connectivity index (χ0n) is 18.4. The molecule has 0 spiro atoms. The normalized spacial score (nSPS) is 15.8. The molecule has 1 radical (unpaired) electrons. The van der Waals surface area contributed by atoms with Gasteiger partial charge in [-0.05, 0) is 43.3 Å². The number of carbonyl (C=O) groups is 1. The topological polar surface area (TPSA) is 44.8 Å². The van der Waals surface area contributed by atoms with Crippen LogP contribution in [0.3, 0.4) is 0 Å². The lowest BCUT2D eigenvalue weighted by molar-refractivity contribution is -0.140. The Kier molecular flexibility index (Phi) is 9.60. The van der Waals surface area contributed by atoms with E-state index in [0.29, 0.717) is 30.7 Å². The van der Waals surface area contributed by atoms with Gasteiger partial charge in [0.15, 0.2) is 0 Å². The predicted octanol–water partition coefficient (Wildman–Crippen LogP) is 5.83. The van der Waals surface area contributed by atoms with Crippen molar-refractivity contribution in [3.63, 3.8) is 0 Å². The van der Waals surface area contributed by atoms with Gasteiger partial charge in [-0.3, -0.25) is 4.79 Å². The number of hydrogen-bond donors (Lipinski definition) is 0. The van der Waals surface area contributed by atoms with Crippen LogP contribution in [0, 0.1) is 0 Å². The molecule has 25 heavy (non-hydrogen) atoms. The first-order valence-electron chi connectivity index (χ1n) is 9.71. The first-order valence-corrected chi connectivity index (χ1v) is 13.1. The van der Waals surface area contributed by atoms with Crippen LogP contribution in [-0.2, 0) is 18.1 Å². The summed E-state index contributed by atoms with van der Waals surface area (Å²) < 4.78 is 18.3. The molecule has 0 aliphatic rings. The molecule has 149 valence electrons. The van der Waals surface area contributed by atoms with Crippen molar-refractivity contribution in [2.45, 2.75) is 104 Å². The second-order valence-corrected chi connectivity index (χ2v) is 16.4. The highest BCUT2D eigenvalue weighted by Gasteiger charge is 2.57. The van der Waals surface area contributed by atoms with Gasteiger partial charge in [0.2, 0.25) is 0 Å². The Labute approximate surface area is 159 Å². The largest absolute Gasteiger partial charge is 0.518 e. The summed E-state index contributed by atoms with van der Waals surface area (Å²) in [7, 11) is -4.13. The summed E-state index contributed by atoms with van der Waals surface area (Å²) in [6.07, 6.45) is 0.658. The molecule has 0 rings (SSSR count). The Morgan fingerprint density at radius 3 is 1.56 bits per heavy atom. The van der Waals surface area contributed by atoms with Crippen molar-refractivity contribution >= 4 is 23.6 Å². The highest BCUT2D eigenvalue weighted by molar-refractivity contribution is 6.80. The van der Waals surface area contributed by atoms with Crippen LogP contribution in [0.2, 0.25) is 21.2 Å². The second-order valence-electron chi connectivity index (χ2n) is 8.58. The second kappa shape index (κ2) is 9.67. The first kappa shape index (κ1) is 24.8. The van der Waals surface area contributed by atoms with Crippen molar-refractivity contribution in [1.82, 2.24) is 0 Å². The fourth-order valence-electron chi connectivity index (χ4n) is 4.05. The fourth-order valence-corrected chi connectivity index (χ4v) is 12.0. The van der Waals surface area contributed by atoms with Gasteiger partial charge < -0.3 is 13.3 Å². The Morgan fingerprint density at radius 1 is 0.920 bits per heavy atom. The van der Waals surface area contributed by atoms with Gasteiger partial charge in [0.25, 0.3) is 14.3 Å². The van der Waals surface area contributed by atoms with Gasteiger partial charge in [0, 0.05) is 13.2 Å². The molecule has 0 bridgehead atoms. The minimum absolute atomic E-state index is 0.0379. The fraction of sp³-hybridized carbons (Fsp3) is 0.947. The van der Waals surface area contributed by atoms with Crippen LogP contribution >= 0.6 is 0 Å². The molecule has 0 aliphatic carbocycles. The molecule has 1 atom stereocenters. The zero-order chi connectivity index (χ0) is 20.1. The van der Waals surface area contributed by atoms with Crippen molar-refractivity contribution in [2.24, 2.45) is 0 Å². The standard InChI is InChI=1S/C19H41O4Si2/c1-12-19(11,24(21-13-2)22-14-3)17(20)23-25(15(4)5,16(6)7)18(8,9)10/h15-16H,12-14H2,1-11H3. The van der Waals surface area contributed by atoms with E-state index in [1.54, 1.807) is 0 Å². The van der Waals surface area contributed by atoms with E-state index < -0.39 is 22.6 Å². The predicted molar refractivity (Wildman–Crippen MR) is 109 cm³/mol. The van der Waals surface area contributed by atoms with Crippen molar-refractivity contribution in [2.75, 3.05) is 13.2 Å². The third kappa shape index (κ3) is 5.18. The monoisotopic (exact) mass is 389 g/mol. The van der Waals surface area contributed by atoms with Gasteiger partial charge in [-0.2, -0.15) is 0 Å². The maximum Gasteiger partial charge on any atom is 0.402 e. The SMILES string of the molecule is CCO[Si](OCC)C(C)(CC)C(=O)O[Si](C(C)C)(C(C)C)C(C)(C)C. The molecule has 1 unspecified atom stereocenters. The maximum atomic E-state index is 13.4. The van der Waals surface area contributed by atoms with E-state index in [1.807, 2.05) is 27.7 Å². The Bertz CT molecular complexity index is 404. The van der Waals surface area contributed by atoms with Gasteiger partial charge >= 0.3 is 9.28 Å². The third-order valence-corrected chi connectivity index (χ3v) is 14.2. The van der Waals surface area contributed by atoms with Crippen LogP contribution < -0.4 is 0 Å². The summed E-state index contributed by atoms with van der Waals surface area (Å²) in [6, 6.07) is 0. The summed E-state index contributed by atoms with van der Waals surface area (Å²) >= 11 is 0. The molecule has 4 nitrogen and oxygen atoms in total. The van der Waals surface area contributed by atoms with Crippen molar-refractivity contribution in [1.29, 1.82) is 0 Å². The lowest BCUT2D eigenvalue weighted by atomic mass is 10.1. The van der Waals surface area contributed by atoms with Crippen LogP contribution in [0.25, 0.3) is 0 Å². The van der Waals surface area contributed by atoms with Crippen LogP contribution in [-0.4, -0.2) is 36.8 Å². The summed E-state index contributed by atoms with van der Waals surface area (Å²) in [5.41, 5.74) is 0.680. The lowest BCUT2D eigenvalue weighted by Gasteiger charge is -2.49. The molecule has 0 aromatic carbocycles. The highest BCUT2D eigenvalue weighted by atomic mass is 28.4. The molecule has 0 aromatic rings. The molecular weight excluding hydrogens is 348 g/mol. The molecule has 0 saturated carbocycles. The summed E-state index contributed by atoms with van der Waals surface area (Å²) in [4.78, 5) is 13.4. The van der Waals surface area contributed by atoms with Crippen LogP contribution in [0.5, 0.6) is 0 Å². The van der Waals surface area contributed by atoms with Crippen molar-refractivity contribution < 1.29 is 18.1 Å². The smallest absolute Gasteiger partial charge is 0.402 e. The molecule has 0 amide bonds. The summed E-state index contributed by atoms with van der Waals surface area (Å²) in [6.45, 7) is 24.4. The van der Waals surface area contributed by atoms with Gasteiger partial charge in [-0.1, -0.05) is 55.4 Å². The van der Waals surface area contributed by atoms with Gasteiger partial charge in [-0.15, -0.1) is 0 Å². The minimum Gasteiger partial charge on any atom is -0.518 e. The Hall–Kier alpha value is -0.176. The van der Waals surface area contributed by atoms with Gasteiger partial charge in [0.1, 0.15) is 5.04 Å². The molecule has 0 aliphatic heterocycles. The van der Waals surface area contributed by atoms with E-state index in [1.165, 1.54) is 0 Å². The van der Waals surface area contributed by atoms with E-state index in [-0.39, 0.29) is 11.0 Å². The molecular formula is C19H41O4Si2. The van der Waals surface area contributed by atoms with Gasteiger partial charge in [-0.25, -0.2) is 0 Å². The van der Waals surface area contributed by atoms with Crippen molar-refractivity contribution in [3.8, 4) is 0 Å². The average Bonchev–Trinajstić information content (AvgIpc) is 2.49. The molecule has 0 saturated heterocycles. The van der Waals surface area contributed by atoms with Crippen LogP contribution in [0.4, 0.5) is 0 Å². The summed E-state index contributed by atoms with van der Waals surface area (Å²) in [5, 5.41) is -0.742. The van der Waals surface area contributed by atoms with E-state index >= 15 is 0 Å². The zero-order valence-corrected chi connectivity index (χ0v) is 20.4. The van der Waals surface area contributed by atoms with Crippen molar-refractivity contribution in [3.05, 3.63) is 0 Å². The van der Waals surface area contributed by atoms with E-state index in [2.05, 4.69) is 48.5 Å². The minimum atomic E-state index is -2.38. The quantitative estimate of drug-likeness (QED) is 0.441.